The van der Waals surface area contributed by atoms with Gasteiger partial charge in [-0.25, -0.2) is 0 Å². The Hall–Kier alpha value is -1.75. The first-order valence-corrected chi connectivity index (χ1v) is 7.97. The van der Waals surface area contributed by atoms with Crippen molar-refractivity contribution >= 4 is 34.8 Å². The molecule has 0 bridgehead atoms. The maximum Gasteiger partial charge on any atom is 0.264 e. The molecule has 2 aromatic carbocycles. The molecule has 6 heteroatoms. The van der Waals surface area contributed by atoms with Crippen molar-refractivity contribution in [3.05, 3.63) is 58.1 Å². The van der Waals surface area contributed by atoms with Gasteiger partial charge in [-0.15, -0.1) is 0 Å². The monoisotopic (exact) mass is 351 g/mol. The fourth-order valence-electron chi connectivity index (χ4n) is 2.61. The second-order valence-electron chi connectivity index (χ2n) is 5.27. The second kappa shape index (κ2) is 6.79. The Balaban J connectivity index is 1.73. The molecule has 1 N–H and O–H groups in total. The summed E-state index contributed by atoms with van der Waals surface area (Å²) in [5.74, 6) is 0.227. The largest absolute Gasteiger partial charge is 0.482 e. The van der Waals surface area contributed by atoms with E-state index in [0.717, 1.165) is 11.3 Å². The maximum atomic E-state index is 12.5. The predicted molar refractivity (Wildman–Crippen MR) is 90.3 cm³/mol. The number of carbonyl (C=O) groups excluding carboxylic acids is 1. The summed E-state index contributed by atoms with van der Waals surface area (Å²) in [6.45, 7) is 0.320. The number of amides is 1. The topological polar surface area (TPSA) is 49.8 Å². The third kappa shape index (κ3) is 3.44. The minimum Gasteiger partial charge on any atom is -0.482 e. The number of hydrogen-bond donors (Lipinski definition) is 1. The molecule has 1 unspecified atom stereocenters. The number of benzene rings is 2. The van der Waals surface area contributed by atoms with Crippen molar-refractivity contribution in [2.45, 2.75) is 12.5 Å². The molecule has 1 heterocycles. The fraction of sp³-hybridized carbons (Fsp3) is 0.235. The van der Waals surface area contributed by atoms with E-state index in [4.69, 9.17) is 27.9 Å². The number of fused-ring (bicyclic) bond motifs is 1. The summed E-state index contributed by atoms with van der Waals surface area (Å²) in [4.78, 5) is 14.1. The Morgan fingerprint density at radius 2 is 2.04 bits per heavy atom. The third-order valence-corrected chi connectivity index (χ3v) is 4.29. The van der Waals surface area contributed by atoms with Crippen LogP contribution in [0.15, 0.2) is 42.5 Å². The Labute approximate surface area is 144 Å². The van der Waals surface area contributed by atoms with E-state index < -0.39 is 6.10 Å². The van der Waals surface area contributed by atoms with Crippen molar-refractivity contribution < 1.29 is 14.6 Å². The van der Waals surface area contributed by atoms with E-state index in [1.165, 1.54) is 0 Å². The Morgan fingerprint density at radius 1 is 1.26 bits per heavy atom. The van der Waals surface area contributed by atoms with Gasteiger partial charge in [0.05, 0.1) is 11.1 Å². The van der Waals surface area contributed by atoms with Crippen LogP contribution in [0.25, 0.3) is 0 Å². The van der Waals surface area contributed by atoms with Gasteiger partial charge in [0.2, 0.25) is 0 Å². The molecule has 0 spiro atoms. The molecule has 23 heavy (non-hydrogen) atoms. The quantitative estimate of drug-likeness (QED) is 0.913. The van der Waals surface area contributed by atoms with Gasteiger partial charge in [0.15, 0.2) is 6.61 Å². The summed E-state index contributed by atoms with van der Waals surface area (Å²) >= 11 is 11.9. The van der Waals surface area contributed by atoms with Crippen LogP contribution in [-0.2, 0) is 4.79 Å². The van der Waals surface area contributed by atoms with Crippen LogP contribution in [-0.4, -0.2) is 24.2 Å². The molecule has 1 atom stereocenters. The van der Waals surface area contributed by atoms with Crippen LogP contribution in [0.5, 0.6) is 5.75 Å². The average molecular weight is 352 g/mol. The van der Waals surface area contributed by atoms with Crippen molar-refractivity contribution in [1.82, 2.24) is 0 Å². The highest BCUT2D eigenvalue weighted by molar-refractivity contribution is 6.35. The van der Waals surface area contributed by atoms with E-state index in [9.17, 15) is 9.90 Å². The van der Waals surface area contributed by atoms with Crippen molar-refractivity contribution in [2.24, 2.45) is 0 Å². The van der Waals surface area contributed by atoms with E-state index in [2.05, 4.69) is 0 Å². The molecule has 0 fully saturated rings. The predicted octanol–water partition coefficient (Wildman–Crippen LogP) is 3.84. The van der Waals surface area contributed by atoms with Gasteiger partial charge in [0, 0.05) is 22.8 Å². The zero-order valence-corrected chi connectivity index (χ0v) is 13.7. The van der Waals surface area contributed by atoms with Crippen LogP contribution < -0.4 is 9.64 Å². The minimum absolute atomic E-state index is 0.133. The van der Waals surface area contributed by atoms with Crippen molar-refractivity contribution in [1.29, 1.82) is 0 Å². The minimum atomic E-state index is -0.540. The van der Waals surface area contributed by atoms with Crippen LogP contribution in [0.3, 0.4) is 0 Å². The lowest BCUT2D eigenvalue weighted by molar-refractivity contribution is -0.120. The number of para-hydroxylation sites is 1. The highest BCUT2D eigenvalue weighted by atomic mass is 35.5. The number of aliphatic hydroxyl groups excluding tert-OH is 1. The van der Waals surface area contributed by atoms with E-state index in [1.54, 1.807) is 23.1 Å². The molecular weight excluding hydrogens is 337 g/mol. The number of hydrogen-bond acceptors (Lipinski definition) is 3. The zero-order chi connectivity index (χ0) is 16.4. The molecule has 1 amide bonds. The first-order valence-electron chi connectivity index (χ1n) is 7.21. The SMILES string of the molecule is O=C(COc1ccc(Cl)cc1Cl)N1CCC(O)c2ccccc21. The molecule has 2 aromatic rings. The van der Waals surface area contributed by atoms with Crippen LogP contribution >= 0.6 is 23.2 Å². The van der Waals surface area contributed by atoms with Gasteiger partial charge >= 0.3 is 0 Å². The summed E-state index contributed by atoms with van der Waals surface area (Å²) in [5, 5.41) is 10.9. The highest BCUT2D eigenvalue weighted by Gasteiger charge is 2.27. The molecule has 120 valence electrons. The smallest absolute Gasteiger partial charge is 0.264 e. The Kier molecular flexibility index (Phi) is 4.76. The number of nitrogens with zero attached hydrogens (tertiary/aromatic N) is 1. The number of rotatable bonds is 3. The van der Waals surface area contributed by atoms with E-state index in [-0.39, 0.29) is 12.5 Å². The Bertz CT molecular complexity index is 736. The summed E-state index contributed by atoms with van der Waals surface area (Å²) < 4.78 is 5.50. The number of carbonyl (C=O) groups is 1. The molecule has 0 aliphatic carbocycles. The van der Waals surface area contributed by atoms with Crippen LogP contribution in [0, 0.1) is 0 Å². The number of halogens is 2. The maximum absolute atomic E-state index is 12.5. The summed E-state index contributed by atoms with van der Waals surface area (Å²) in [5.41, 5.74) is 1.48. The molecule has 1 aliphatic heterocycles. The van der Waals surface area contributed by atoms with Gasteiger partial charge < -0.3 is 14.7 Å². The Morgan fingerprint density at radius 3 is 2.83 bits per heavy atom. The lowest BCUT2D eigenvalue weighted by atomic mass is 9.99. The normalized spacial score (nSPS) is 16.8. The fourth-order valence-corrected chi connectivity index (χ4v) is 3.07. The number of ether oxygens (including phenoxy) is 1. The van der Waals surface area contributed by atoms with Gasteiger partial charge in [0.1, 0.15) is 5.75 Å². The molecule has 0 saturated heterocycles. The molecule has 0 saturated carbocycles. The van der Waals surface area contributed by atoms with E-state index >= 15 is 0 Å². The van der Waals surface area contributed by atoms with Crippen molar-refractivity contribution in [2.75, 3.05) is 18.1 Å². The lowest BCUT2D eigenvalue weighted by Gasteiger charge is -2.32. The zero-order valence-electron chi connectivity index (χ0n) is 12.2. The van der Waals surface area contributed by atoms with Gasteiger partial charge in [-0.3, -0.25) is 4.79 Å². The van der Waals surface area contributed by atoms with Crippen molar-refractivity contribution in [3.63, 3.8) is 0 Å². The first kappa shape index (κ1) is 16.1. The summed E-state index contributed by atoms with van der Waals surface area (Å²) in [6.07, 6.45) is -0.0355. The second-order valence-corrected chi connectivity index (χ2v) is 6.12. The summed E-state index contributed by atoms with van der Waals surface area (Å²) in [7, 11) is 0. The lowest BCUT2D eigenvalue weighted by Crippen LogP contribution is -2.39. The van der Waals surface area contributed by atoms with Gasteiger partial charge in [-0.1, -0.05) is 41.4 Å². The molecule has 4 nitrogen and oxygen atoms in total. The first-order chi connectivity index (χ1) is 11.1. The molecule has 3 rings (SSSR count). The van der Waals surface area contributed by atoms with E-state index in [1.807, 2.05) is 24.3 Å². The number of aliphatic hydroxyl groups is 1. The van der Waals surface area contributed by atoms with Crippen LogP contribution in [0.1, 0.15) is 18.1 Å². The summed E-state index contributed by atoms with van der Waals surface area (Å²) in [6, 6.07) is 12.2. The third-order valence-electron chi connectivity index (χ3n) is 3.76. The molecule has 1 aliphatic rings. The highest BCUT2D eigenvalue weighted by Crippen LogP contribution is 2.33. The van der Waals surface area contributed by atoms with Gasteiger partial charge in [0.25, 0.3) is 5.91 Å². The number of anilines is 1. The molecule has 0 radical (unpaired) electrons. The van der Waals surface area contributed by atoms with Gasteiger partial charge in [-0.2, -0.15) is 0 Å². The van der Waals surface area contributed by atoms with Crippen LogP contribution in [0.4, 0.5) is 5.69 Å². The standard InChI is InChI=1S/C17H15Cl2NO3/c18-11-5-6-16(13(19)9-11)23-10-17(22)20-8-7-15(21)12-3-1-2-4-14(12)20/h1-6,9,15,21H,7-8,10H2. The van der Waals surface area contributed by atoms with Gasteiger partial charge in [-0.05, 0) is 30.7 Å². The average Bonchev–Trinajstić information content (AvgIpc) is 2.54. The van der Waals surface area contributed by atoms with Crippen LogP contribution in [0.2, 0.25) is 10.0 Å². The molecular formula is C17H15Cl2NO3. The van der Waals surface area contributed by atoms with Crippen molar-refractivity contribution in [3.8, 4) is 5.75 Å². The van der Waals surface area contributed by atoms with E-state index in [0.29, 0.717) is 28.8 Å². The molecule has 0 aromatic heterocycles.